The van der Waals surface area contributed by atoms with E-state index in [-0.39, 0.29) is 12.1 Å². The van der Waals surface area contributed by atoms with Crippen LogP contribution >= 0.6 is 0 Å². The van der Waals surface area contributed by atoms with Gasteiger partial charge in [-0.15, -0.1) is 0 Å². The van der Waals surface area contributed by atoms with Crippen molar-refractivity contribution in [2.75, 3.05) is 18.5 Å². The van der Waals surface area contributed by atoms with Crippen molar-refractivity contribution < 1.29 is 27.8 Å². The Hall–Kier alpha value is -2.96. The summed E-state index contributed by atoms with van der Waals surface area (Å²) in [4.78, 5) is 23.5. The number of hydrogen-bond donors (Lipinski definition) is 1. The third-order valence-electron chi connectivity index (χ3n) is 3.44. The monoisotopic (exact) mass is 363 g/mol. The van der Waals surface area contributed by atoms with E-state index >= 15 is 0 Å². The Morgan fingerprint density at radius 3 is 2.65 bits per heavy atom. The van der Waals surface area contributed by atoms with Gasteiger partial charge in [-0.25, -0.2) is 8.78 Å². The lowest BCUT2D eigenvalue weighted by molar-refractivity contribution is -0.147. The number of halogens is 2. The molecule has 138 valence electrons. The molecule has 0 saturated carbocycles. The normalized spacial score (nSPS) is 10.3. The van der Waals surface area contributed by atoms with Crippen molar-refractivity contribution in [1.82, 2.24) is 0 Å². The van der Waals surface area contributed by atoms with Crippen molar-refractivity contribution in [3.8, 4) is 5.75 Å². The van der Waals surface area contributed by atoms with Crippen LogP contribution in [0.25, 0.3) is 0 Å². The minimum atomic E-state index is -0.779. The molecule has 7 heteroatoms. The van der Waals surface area contributed by atoms with E-state index in [1.54, 1.807) is 0 Å². The summed E-state index contributed by atoms with van der Waals surface area (Å²) in [6.45, 7) is 1.80. The van der Waals surface area contributed by atoms with Crippen LogP contribution in [0.4, 0.5) is 14.5 Å². The molecule has 2 aromatic carbocycles. The SMILES string of the molecule is CCOc1ccccc1CCC(=O)OCC(=O)Nc1cc(F)ccc1F. The lowest BCUT2D eigenvalue weighted by Gasteiger charge is -2.10. The molecule has 0 radical (unpaired) electrons. The van der Waals surface area contributed by atoms with E-state index in [2.05, 4.69) is 5.32 Å². The van der Waals surface area contributed by atoms with Crippen molar-refractivity contribution in [3.63, 3.8) is 0 Å². The number of ether oxygens (including phenoxy) is 2. The maximum atomic E-state index is 13.4. The van der Waals surface area contributed by atoms with E-state index < -0.39 is 30.1 Å². The van der Waals surface area contributed by atoms with Gasteiger partial charge in [0, 0.05) is 12.5 Å². The number of anilines is 1. The fourth-order valence-corrected chi connectivity index (χ4v) is 2.24. The van der Waals surface area contributed by atoms with E-state index in [1.807, 2.05) is 31.2 Å². The molecule has 0 saturated heterocycles. The fraction of sp³-hybridized carbons (Fsp3) is 0.263. The van der Waals surface area contributed by atoms with Gasteiger partial charge < -0.3 is 14.8 Å². The number of para-hydroxylation sites is 1. The van der Waals surface area contributed by atoms with Gasteiger partial charge in [0.15, 0.2) is 6.61 Å². The van der Waals surface area contributed by atoms with E-state index in [9.17, 15) is 18.4 Å². The van der Waals surface area contributed by atoms with Crippen LogP contribution in [0.2, 0.25) is 0 Å². The number of hydrogen-bond acceptors (Lipinski definition) is 4. The lowest BCUT2D eigenvalue weighted by atomic mass is 10.1. The van der Waals surface area contributed by atoms with Gasteiger partial charge in [0.1, 0.15) is 17.4 Å². The van der Waals surface area contributed by atoms with Gasteiger partial charge in [0.05, 0.1) is 12.3 Å². The van der Waals surface area contributed by atoms with Gasteiger partial charge in [-0.2, -0.15) is 0 Å². The molecule has 1 amide bonds. The smallest absolute Gasteiger partial charge is 0.306 e. The summed E-state index contributed by atoms with van der Waals surface area (Å²) in [6.07, 6.45) is 0.459. The maximum Gasteiger partial charge on any atom is 0.306 e. The minimum Gasteiger partial charge on any atom is -0.494 e. The summed E-state index contributed by atoms with van der Waals surface area (Å²) >= 11 is 0. The zero-order valence-corrected chi connectivity index (χ0v) is 14.3. The molecule has 0 aromatic heterocycles. The molecule has 0 heterocycles. The van der Waals surface area contributed by atoms with Crippen LogP contribution in [0.3, 0.4) is 0 Å². The Morgan fingerprint density at radius 1 is 1.12 bits per heavy atom. The third-order valence-corrected chi connectivity index (χ3v) is 3.44. The molecule has 0 aliphatic heterocycles. The Bertz CT molecular complexity index is 780. The first-order valence-corrected chi connectivity index (χ1v) is 8.10. The summed E-state index contributed by atoms with van der Waals surface area (Å²) in [7, 11) is 0. The summed E-state index contributed by atoms with van der Waals surface area (Å²) in [5.41, 5.74) is 0.550. The molecular formula is C19H19F2NO4. The second-order valence-electron chi connectivity index (χ2n) is 5.37. The van der Waals surface area contributed by atoms with Gasteiger partial charge in [0.25, 0.3) is 5.91 Å². The fourth-order valence-electron chi connectivity index (χ4n) is 2.24. The van der Waals surface area contributed by atoms with Gasteiger partial charge in [-0.3, -0.25) is 9.59 Å². The average Bonchev–Trinajstić information content (AvgIpc) is 2.62. The molecule has 0 aliphatic carbocycles. The molecule has 0 fully saturated rings. The number of rotatable bonds is 8. The first-order valence-electron chi connectivity index (χ1n) is 8.10. The van der Waals surface area contributed by atoms with Gasteiger partial charge in [0.2, 0.25) is 0 Å². The highest BCUT2D eigenvalue weighted by Gasteiger charge is 2.12. The number of benzene rings is 2. The van der Waals surface area contributed by atoms with Gasteiger partial charge >= 0.3 is 5.97 Å². The lowest BCUT2D eigenvalue weighted by Crippen LogP contribution is -2.21. The van der Waals surface area contributed by atoms with Crippen molar-refractivity contribution in [2.45, 2.75) is 19.8 Å². The molecule has 26 heavy (non-hydrogen) atoms. The highest BCUT2D eigenvalue weighted by Crippen LogP contribution is 2.19. The third kappa shape index (κ3) is 5.84. The van der Waals surface area contributed by atoms with Crippen LogP contribution in [0.1, 0.15) is 18.9 Å². The van der Waals surface area contributed by atoms with Gasteiger partial charge in [-0.1, -0.05) is 18.2 Å². The zero-order valence-electron chi connectivity index (χ0n) is 14.3. The molecule has 2 rings (SSSR count). The van der Waals surface area contributed by atoms with E-state index in [4.69, 9.17) is 9.47 Å². The van der Waals surface area contributed by atoms with Crippen LogP contribution in [0.5, 0.6) is 5.75 Å². The highest BCUT2D eigenvalue weighted by molar-refractivity contribution is 5.92. The Balaban J connectivity index is 1.80. The van der Waals surface area contributed by atoms with Crippen LogP contribution in [0.15, 0.2) is 42.5 Å². The van der Waals surface area contributed by atoms with Crippen molar-refractivity contribution in [3.05, 3.63) is 59.7 Å². The number of carbonyl (C=O) groups excluding carboxylic acids is 2. The first kappa shape index (κ1) is 19.4. The quantitative estimate of drug-likeness (QED) is 0.730. The number of amides is 1. The summed E-state index contributed by atoms with van der Waals surface area (Å²) < 4.78 is 36.8. The van der Waals surface area contributed by atoms with Crippen LogP contribution in [-0.4, -0.2) is 25.1 Å². The molecular weight excluding hydrogens is 344 g/mol. The Kier molecular flexibility index (Phi) is 7.08. The van der Waals surface area contributed by atoms with Crippen LogP contribution < -0.4 is 10.1 Å². The molecule has 0 spiro atoms. The molecule has 0 bridgehead atoms. The van der Waals surface area contributed by atoms with Crippen molar-refractivity contribution >= 4 is 17.6 Å². The molecule has 1 N–H and O–H groups in total. The van der Waals surface area contributed by atoms with Gasteiger partial charge in [-0.05, 0) is 37.1 Å². The topological polar surface area (TPSA) is 64.6 Å². The Morgan fingerprint density at radius 2 is 1.88 bits per heavy atom. The predicted octanol–water partition coefficient (Wildman–Crippen LogP) is 3.48. The largest absolute Gasteiger partial charge is 0.494 e. The molecule has 0 aliphatic rings. The van der Waals surface area contributed by atoms with Crippen molar-refractivity contribution in [1.29, 1.82) is 0 Å². The number of aryl methyl sites for hydroxylation is 1. The minimum absolute atomic E-state index is 0.0612. The summed E-state index contributed by atoms with van der Waals surface area (Å²) in [6, 6.07) is 10.0. The first-order chi connectivity index (χ1) is 12.5. The highest BCUT2D eigenvalue weighted by atomic mass is 19.1. The molecule has 0 unspecified atom stereocenters. The van der Waals surface area contributed by atoms with E-state index in [1.165, 1.54) is 0 Å². The second-order valence-corrected chi connectivity index (χ2v) is 5.37. The molecule has 5 nitrogen and oxygen atoms in total. The standard InChI is InChI=1S/C19H19F2NO4/c1-2-25-17-6-4-3-5-13(17)7-10-19(24)26-12-18(23)22-16-11-14(20)8-9-15(16)21/h3-6,8-9,11H,2,7,10,12H2,1H3,(H,22,23). The zero-order chi connectivity index (χ0) is 18.9. The van der Waals surface area contributed by atoms with E-state index in [0.29, 0.717) is 18.8 Å². The average molecular weight is 363 g/mol. The number of carbonyl (C=O) groups is 2. The Labute approximate surface area is 149 Å². The number of nitrogens with one attached hydrogen (secondary N) is 1. The summed E-state index contributed by atoms with van der Waals surface area (Å²) in [5, 5.41) is 2.15. The summed E-state index contributed by atoms with van der Waals surface area (Å²) in [5.74, 6) is -2.10. The maximum absolute atomic E-state index is 13.4. The predicted molar refractivity (Wildman–Crippen MR) is 91.9 cm³/mol. The van der Waals surface area contributed by atoms with E-state index in [0.717, 1.165) is 23.8 Å². The van der Waals surface area contributed by atoms with Crippen molar-refractivity contribution in [2.24, 2.45) is 0 Å². The number of esters is 1. The molecule has 2 aromatic rings. The van der Waals surface area contributed by atoms with Crippen LogP contribution in [0, 0.1) is 11.6 Å². The van der Waals surface area contributed by atoms with Crippen LogP contribution in [-0.2, 0) is 20.7 Å². The molecule has 0 atom stereocenters. The second kappa shape index (κ2) is 9.50.